The molecule has 0 saturated carbocycles. The van der Waals surface area contributed by atoms with Crippen molar-refractivity contribution in [1.29, 1.82) is 0 Å². The number of imidazole rings is 1. The number of carbonyl (C=O) groups is 2. The topological polar surface area (TPSA) is 67.2 Å². The number of hydrogen-bond acceptors (Lipinski definition) is 3. The lowest BCUT2D eigenvalue weighted by molar-refractivity contribution is -0.126. The minimum absolute atomic E-state index is 0.133. The molecule has 6 nitrogen and oxygen atoms in total. The number of nitrogens with one attached hydrogen (secondary N) is 1. The minimum atomic E-state index is -0.438. The van der Waals surface area contributed by atoms with Gasteiger partial charge in [0.15, 0.2) is 0 Å². The second kappa shape index (κ2) is 7.66. The molecule has 0 spiro atoms. The molecule has 1 aromatic heterocycles. The third-order valence-electron chi connectivity index (χ3n) is 5.44. The van der Waals surface area contributed by atoms with Crippen LogP contribution in [0.3, 0.4) is 0 Å². The van der Waals surface area contributed by atoms with Crippen LogP contribution in [0.5, 0.6) is 0 Å². The number of nitrogens with zero attached hydrogens (tertiary/aromatic N) is 3. The van der Waals surface area contributed by atoms with Gasteiger partial charge in [0.05, 0.1) is 17.0 Å². The van der Waals surface area contributed by atoms with Crippen LogP contribution in [0.25, 0.3) is 11.0 Å². The largest absolute Gasteiger partial charge is 0.354 e. The Bertz CT molecular complexity index is 1090. The molecular weight excluding hydrogens is 371 g/mol. The first-order valence-corrected chi connectivity index (χ1v) is 9.70. The number of aromatic nitrogens is 2. The van der Waals surface area contributed by atoms with Crippen LogP contribution >= 0.6 is 0 Å². The predicted molar refractivity (Wildman–Crippen MR) is 109 cm³/mol. The molecule has 2 aromatic carbocycles. The van der Waals surface area contributed by atoms with Crippen LogP contribution in [0.2, 0.25) is 0 Å². The van der Waals surface area contributed by atoms with Gasteiger partial charge < -0.3 is 14.8 Å². The number of hydrogen-bond donors (Lipinski definition) is 1. The van der Waals surface area contributed by atoms with Crippen molar-refractivity contribution in [3.63, 3.8) is 0 Å². The third-order valence-corrected chi connectivity index (χ3v) is 5.44. The van der Waals surface area contributed by atoms with Crippen molar-refractivity contribution in [3.8, 4) is 0 Å². The maximum atomic E-state index is 13.8. The summed E-state index contributed by atoms with van der Waals surface area (Å²) in [5, 5.41) is 2.93. The number of carbonyl (C=O) groups excluding carboxylic acids is 2. The molecule has 1 fully saturated rings. The van der Waals surface area contributed by atoms with Gasteiger partial charge in [-0.1, -0.05) is 18.2 Å². The van der Waals surface area contributed by atoms with E-state index in [1.54, 1.807) is 19.1 Å². The van der Waals surface area contributed by atoms with Gasteiger partial charge in [-0.05, 0) is 43.7 Å². The second-order valence-electron chi connectivity index (χ2n) is 7.43. The molecule has 1 aliphatic heterocycles. The van der Waals surface area contributed by atoms with Crippen molar-refractivity contribution in [2.24, 2.45) is 5.92 Å². The van der Waals surface area contributed by atoms with E-state index in [2.05, 4.69) is 14.9 Å². The van der Waals surface area contributed by atoms with E-state index >= 15 is 0 Å². The second-order valence-corrected chi connectivity index (χ2v) is 7.43. The van der Waals surface area contributed by atoms with E-state index in [-0.39, 0.29) is 30.6 Å². The number of anilines is 1. The average Bonchev–Trinajstić information content (AvgIpc) is 3.24. The van der Waals surface area contributed by atoms with E-state index in [0.717, 1.165) is 16.9 Å². The monoisotopic (exact) mass is 394 g/mol. The van der Waals surface area contributed by atoms with Crippen molar-refractivity contribution in [2.45, 2.75) is 26.8 Å². The minimum Gasteiger partial charge on any atom is -0.354 e. The standard InChI is InChI=1S/C22H23FN4O2/c1-14-7-8-17(12-18(14)23)27-13-16(11-21(27)28)22(29)24-9-10-26-15(2)25-19-5-3-4-6-20(19)26/h3-8,12,16H,9-11,13H2,1-2H3,(H,24,29)/t16-/m1/s1. The lowest BCUT2D eigenvalue weighted by Gasteiger charge is -2.17. The molecule has 2 amide bonds. The van der Waals surface area contributed by atoms with E-state index < -0.39 is 5.92 Å². The van der Waals surface area contributed by atoms with Gasteiger partial charge in [0.25, 0.3) is 0 Å². The van der Waals surface area contributed by atoms with Gasteiger partial charge in [-0.25, -0.2) is 9.37 Å². The molecule has 7 heteroatoms. The number of amides is 2. The Labute approximate surface area is 168 Å². The molecule has 1 N–H and O–H groups in total. The Balaban J connectivity index is 1.37. The van der Waals surface area contributed by atoms with Gasteiger partial charge in [0, 0.05) is 31.7 Å². The van der Waals surface area contributed by atoms with Crippen LogP contribution < -0.4 is 10.2 Å². The molecule has 1 saturated heterocycles. The Morgan fingerprint density at radius 3 is 2.83 bits per heavy atom. The molecule has 1 atom stereocenters. The summed E-state index contributed by atoms with van der Waals surface area (Å²) in [5.41, 5.74) is 2.98. The van der Waals surface area contributed by atoms with Crippen LogP contribution in [-0.4, -0.2) is 34.5 Å². The van der Waals surface area contributed by atoms with Gasteiger partial charge in [-0.3, -0.25) is 9.59 Å². The molecule has 4 rings (SSSR count). The maximum absolute atomic E-state index is 13.8. The molecule has 0 bridgehead atoms. The van der Waals surface area contributed by atoms with E-state index in [1.165, 1.54) is 11.0 Å². The van der Waals surface area contributed by atoms with Crippen LogP contribution in [0.4, 0.5) is 10.1 Å². The summed E-state index contributed by atoms with van der Waals surface area (Å²) in [6.07, 6.45) is 0.133. The number of aryl methyl sites for hydroxylation is 2. The zero-order chi connectivity index (χ0) is 20.5. The zero-order valence-corrected chi connectivity index (χ0v) is 16.5. The zero-order valence-electron chi connectivity index (χ0n) is 16.5. The molecule has 150 valence electrons. The summed E-state index contributed by atoms with van der Waals surface area (Å²) in [6, 6.07) is 12.6. The summed E-state index contributed by atoms with van der Waals surface area (Å²) < 4.78 is 15.9. The van der Waals surface area contributed by atoms with Crippen molar-refractivity contribution in [1.82, 2.24) is 14.9 Å². The van der Waals surface area contributed by atoms with E-state index in [0.29, 0.717) is 24.3 Å². The van der Waals surface area contributed by atoms with E-state index in [9.17, 15) is 14.0 Å². The highest BCUT2D eigenvalue weighted by Crippen LogP contribution is 2.26. The third kappa shape index (κ3) is 3.72. The Hall–Kier alpha value is -3.22. The quantitative estimate of drug-likeness (QED) is 0.724. The SMILES string of the molecule is Cc1ccc(N2C[C@H](C(=O)NCCn3c(C)nc4ccccc43)CC2=O)cc1F. The van der Waals surface area contributed by atoms with Gasteiger partial charge in [0.1, 0.15) is 11.6 Å². The molecule has 2 heterocycles. The van der Waals surface area contributed by atoms with Crippen LogP contribution in [0.1, 0.15) is 17.8 Å². The summed E-state index contributed by atoms with van der Waals surface area (Å²) in [7, 11) is 0. The number of benzene rings is 2. The van der Waals surface area contributed by atoms with Gasteiger partial charge in [-0.2, -0.15) is 0 Å². The first-order chi connectivity index (χ1) is 13.9. The summed E-state index contributed by atoms with van der Waals surface area (Å²) in [5.74, 6) is -0.219. The Morgan fingerprint density at radius 2 is 2.03 bits per heavy atom. The molecule has 0 radical (unpaired) electrons. The molecule has 0 unspecified atom stereocenters. The number of fused-ring (bicyclic) bond motifs is 1. The lowest BCUT2D eigenvalue weighted by Crippen LogP contribution is -2.34. The lowest BCUT2D eigenvalue weighted by atomic mass is 10.1. The Kier molecular flexibility index (Phi) is 5.05. The molecular formula is C22H23FN4O2. The highest BCUT2D eigenvalue weighted by Gasteiger charge is 2.35. The fourth-order valence-corrected chi connectivity index (χ4v) is 3.80. The Morgan fingerprint density at radius 1 is 1.24 bits per heavy atom. The van der Waals surface area contributed by atoms with E-state index in [1.807, 2.05) is 31.2 Å². The van der Waals surface area contributed by atoms with Crippen LogP contribution in [0.15, 0.2) is 42.5 Å². The van der Waals surface area contributed by atoms with Crippen molar-refractivity contribution in [2.75, 3.05) is 18.0 Å². The number of halogens is 1. The van der Waals surface area contributed by atoms with Crippen LogP contribution in [0, 0.1) is 25.6 Å². The first-order valence-electron chi connectivity index (χ1n) is 9.70. The summed E-state index contributed by atoms with van der Waals surface area (Å²) in [6.45, 7) is 4.93. The van der Waals surface area contributed by atoms with Crippen molar-refractivity contribution < 1.29 is 14.0 Å². The molecule has 0 aliphatic carbocycles. The highest BCUT2D eigenvalue weighted by molar-refractivity contribution is 6.00. The fourth-order valence-electron chi connectivity index (χ4n) is 3.80. The van der Waals surface area contributed by atoms with E-state index in [4.69, 9.17) is 0 Å². The van der Waals surface area contributed by atoms with Gasteiger partial charge in [0.2, 0.25) is 11.8 Å². The molecule has 3 aromatic rings. The molecule has 1 aliphatic rings. The summed E-state index contributed by atoms with van der Waals surface area (Å²) >= 11 is 0. The van der Waals surface area contributed by atoms with Crippen LogP contribution in [-0.2, 0) is 16.1 Å². The van der Waals surface area contributed by atoms with Crippen molar-refractivity contribution in [3.05, 3.63) is 59.7 Å². The molecule has 29 heavy (non-hydrogen) atoms. The van der Waals surface area contributed by atoms with Gasteiger partial charge in [-0.15, -0.1) is 0 Å². The number of para-hydroxylation sites is 2. The van der Waals surface area contributed by atoms with Crippen molar-refractivity contribution >= 4 is 28.5 Å². The summed E-state index contributed by atoms with van der Waals surface area (Å²) in [4.78, 5) is 30.9. The fraction of sp³-hybridized carbons (Fsp3) is 0.318. The smallest absolute Gasteiger partial charge is 0.227 e. The number of rotatable bonds is 5. The predicted octanol–water partition coefficient (Wildman–Crippen LogP) is 2.96. The maximum Gasteiger partial charge on any atom is 0.227 e. The average molecular weight is 394 g/mol. The van der Waals surface area contributed by atoms with Gasteiger partial charge >= 0.3 is 0 Å². The highest BCUT2D eigenvalue weighted by atomic mass is 19.1. The normalized spacial score (nSPS) is 16.6. The first kappa shape index (κ1) is 19.1.